The van der Waals surface area contributed by atoms with Crippen LogP contribution in [0.1, 0.15) is 19.3 Å². The van der Waals surface area contributed by atoms with Crippen molar-refractivity contribution in [1.82, 2.24) is 0 Å². The van der Waals surface area contributed by atoms with Gasteiger partial charge in [0.25, 0.3) is 0 Å². The molecule has 3 rings (SSSR count). The highest BCUT2D eigenvalue weighted by atomic mass is 35.5. The zero-order chi connectivity index (χ0) is 19.8. The standard InChI is InChI=1S/C16H16Cl2N2O5S2/c17-9-3-1-4-10(15(9)18)20-11-7-27(24,25)8-12(11)26-16(20)19-13(21)5-2-6-14(22)23/h1,3-4,11-12H,2,5-8H2,(H,22,23)/t11-,12-/m0/s1. The maximum Gasteiger partial charge on any atom is 0.303 e. The van der Waals surface area contributed by atoms with Gasteiger partial charge in [0.2, 0.25) is 5.91 Å². The number of carbonyl (C=O) groups excluding carboxylic acids is 1. The molecule has 1 aromatic carbocycles. The summed E-state index contributed by atoms with van der Waals surface area (Å²) in [4.78, 5) is 28.5. The van der Waals surface area contributed by atoms with Gasteiger partial charge in [0.15, 0.2) is 15.0 Å². The van der Waals surface area contributed by atoms with Gasteiger partial charge in [-0.25, -0.2) is 8.42 Å². The minimum atomic E-state index is -3.19. The maximum absolute atomic E-state index is 12.2. The Balaban J connectivity index is 1.91. The number of carbonyl (C=O) groups is 2. The van der Waals surface area contributed by atoms with E-state index in [0.717, 1.165) is 0 Å². The third-order valence-electron chi connectivity index (χ3n) is 4.26. The number of anilines is 1. The van der Waals surface area contributed by atoms with E-state index in [4.69, 9.17) is 28.3 Å². The molecule has 0 unspecified atom stereocenters. The second-order valence-corrected chi connectivity index (χ2v) is 10.4. The average Bonchev–Trinajstić information content (AvgIpc) is 3.01. The van der Waals surface area contributed by atoms with E-state index < -0.39 is 21.7 Å². The van der Waals surface area contributed by atoms with Crippen LogP contribution >= 0.6 is 35.0 Å². The Labute approximate surface area is 170 Å². The van der Waals surface area contributed by atoms with Gasteiger partial charge in [-0.2, -0.15) is 4.99 Å². The average molecular weight is 451 g/mol. The van der Waals surface area contributed by atoms with Crippen LogP contribution in [0.3, 0.4) is 0 Å². The largest absolute Gasteiger partial charge is 0.481 e. The number of aliphatic carboxylic acids is 1. The van der Waals surface area contributed by atoms with Gasteiger partial charge in [-0.1, -0.05) is 41.0 Å². The Bertz CT molecular complexity index is 919. The molecule has 0 aromatic heterocycles. The van der Waals surface area contributed by atoms with Crippen LogP contribution < -0.4 is 4.90 Å². The Kier molecular flexibility index (Phi) is 6.05. The summed E-state index contributed by atoms with van der Waals surface area (Å²) >= 11 is 13.6. The van der Waals surface area contributed by atoms with Crippen LogP contribution in [-0.2, 0) is 19.4 Å². The molecule has 2 saturated heterocycles. The van der Waals surface area contributed by atoms with Gasteiger partial charge in [0.05, 0.1) is 33.3 Å². The molecule has 2 aliphatic heterocycles. The molecule has 1 amide bonds. The van der Waals surface area contributed by atoms with E-state index in [2.05, 4.69) is 4.99 Å². The maximum atomic E-state index is 12.2. The van der Waals surface area contributed by atoms with Crippen molar-refractivity contribution in [2.45, 2.75) is 30.6 Å². The lowest BCUT2D eigenvalue weighted by molar-refractivity contribution is -0.137. The van der Waals surface area contributed by atoms with Gasteiger partial charge in [0, 0.05) is 18.1 Å². The number of amides is 1. The van der Waals surface area contributed by atoms with Crippen molar-refractivity contribution in [3.8, 4) is 0 Å². The van der Waals surface area contributed by atoms with Gasteiger partial charge >= 0.3 is 5.97 Å². The Morgan fingerprint density at radius 2 is 2.00 bits per heavy atom. The summed E-state index contributed by atoms with van der Waals surface area (Å²) in [5.41, 5.74) is 0.498. The van der Waals surface area contributed by atoms with Crippen LogP contribution in [0.5, 0.6) is 0 Å². The SMILES string of the molecule is O=C(O)CCCC(=O)N=C1S[C@H]2CS(=O)(=O)C[C@@H]2N1c1cccc(Cl)c1Cl. The summed E-state index contributed by atoms with van der Waals surface area (Å²) in [6, 6.07) is 4.62. The molecule has 146 valence electrons. The summed E-state index contributed by atoms with van der Waals surface area (Å²) in [6.07, 6.45) is 0.0763. The second kappa shape index (κ2) is 7.98. The predicted octanol–water partition coefficient (Wildman–Crippen LogP) is 2.85. The highest BCUT2D eigenvalue weighted by Gasteiger charge is 2.49. The van der Waals surface area contributed by atoms with Crippen molar-refractivity contribution in [3.63, 3.8) is 0 Å². The first kappa shape index (κ1) is 20.4. The molecule has 0 saturated carbocycles. The lowest BCUT2D eigenvalue weighted by atomic mass is 10.2. The molecule has 0 bridgehead atoms. The number of aliphatic imine (C=N–C) groups is 1. The molecule has 1 N–H and O–H groups in total. The van der Waals surface area contributed by atoms with E-state index in [0.29, 0.717) is 15.9 Å². The number of benzene rings is 1. The minimum Gasteiger partial charge on any atom is -0.481 e. The first-order valence-electron chi connectivity index (χ1n) is 8.11. The fourth-order valence-electron chi connectivity index (χ4n) is 3.08. The molecule has 1 aromatic rings. The Morgan fingerprint density at radius 1 is 1.26 bits per heavy atom. The molecule has 2 atom stereocenters. The van der Waals surface area contributed by atoms with Gasteiger partial charge in [-0.3, -0.25) is 9.59 Å². The Hall–Kier alpha value is -1.29. The summed E-state index contributed by atoms with van der Waals surface area (Å²) in [7, 11) is -3.19. The quantitative estimate of drug-likeness (QED) is 0.734. The van der Waals surface area contributed by atoms with Crippen LogP contribution in [0, 0.1) is 0 Å². The summed E-state index contributed by atoms with van der Waals surface area (Å²) in [5.74, 6) is -1.48. The molecule has 2 aliphatic rings. The number of carboxylic acids is 1. The predicted molar refractivity (Wildman–Crippen MR) is 107 cm³/mol. The zero-order valence-electron chi connectivity index (χ0n) is 14.0. The lowest BCUT2D eigenvalue weighted by Gasteiger charge is -2.25. The number of hydrogen-bond donors (Lipinski definition) is 1. The lowest BCUT2D eigenvalue weighted by Crippen LogP contribution is -2.38. The smallest absolute Gasteiger partial charge is 0.303 e. The number of hydrogen-bond acceptors (Lipinski definition) is 5. The van der Waals surface area contributed by atoms with Crippen molar-refractivity contribution in [1.29, 1.82) is 0 Å². The fraction of sp³-hybridized carbons (Fsp3) is 0.438. The first-order chi connectivity index (χ1) is 12.7. The van der Waals surface area contributed by atoms with Crippen LogP contribution in [0.2, 0.25) is 10.0 Å². The highest BCUT2D eigenvalue weighted by Crippen LogP contribution is 2.44. The second-order valence-electron chi connectivity index (χ2n) is 6.28. The molecular weight excluding hydrogens is 435 g/mol. The Morgan fingerprint density at radius 3 is 2.70 bits per heavy atom. The molecule has 11 heteroatoms. The number of sulfone groups is 1. The van der Waals surface area contributed by atoms with Crippen molar-refractivity contribution in [3.05, 3.63) is 28.2 Å². The summed E-state index contributed by atoms with van der Waals surface area (Å²) in [6.45, 7) is 0. The van der Waals surface area contributed by atoms with Crippen molar-refractivity contribution >= 4 is 67.5 Å². The van der Waals surface area contributed by atoms with Crippen LogP contribution in [0.25, 0.3) is 0 Å². The van der Waals surface area contributed by atoms with E-state index >= 15 is 0 Å². The van der Waals surface area contributed by atoms with E-state index in [9.17, 15) is 18.0 Å². The van der Waals surface area contributed by atoms with Crippen molar-refractivity contribution in [2.75, 3.05) is 16.4 Å². The number of amidine groups is 1. The third-order valence-corrected chi connectivity index (χ3v) is 8.28. The van der Waals surface area contributed by atoms with E-state index in [-0.39, 0.29) is 47.1 Å². The number of halogens is 2. The molecule has 2 heterocycles. The van der Waals surface area contributed by atoms with Gasteiger partial charge in [-0.05, 0) is 18.6 Å². The number of fused-ring (bicyclic) bond motifs is 1. The van der Waals surface area contributed by atoms with E-state index in [1.54, 1.807) is 23.1 Å². The fourth-order valence-corrected chi connectivity index (χ4v) is 7.39. The zero-order valence-corrected chi connectivity index (χ0v) is 17.1. The minimum absolute atomic E-state index is 0.00110. The van der Waals surface area contributed by atoms with Crippen molar-refractivity contribution in [2.24, 2.45) is 4.99 Å². The van der Waals surface area contributed by atoms with E-state index in [1.165, 1.54) is 11.8 Å². The third kappa shape index (κ3) is 4.59. The number of nitrogens with zero attached hydrogens (tertiary/aromatic N) is 2. The van der Waals surface area contributed by atoms with Crippen LogP contribution in [-0.4, -0.2) is 53.4 Å². The van der Waals surface area contributed by atoms with Gasteiger partial charge in [0.1, 0.15) is 0 Å². The van der Waals surface area contributed by atoms with Gasteiger partial charge in [-0.15, -0.1) is 0 Å². The number of carboxylic acid groups (broad SMARTS) is 1. The van der Waals surface area contributed by atoms with Crippen molar-refractivity contribution < 1.29 is 23.1 Å². The number of rotatable bonds is 5. The summed E-state index contributed by atoms with van der Waals surface area (Å²) in [5, 5.41) is 9.36. The topological polar surface area (TPSA) is 104 Å². The first-order valence-corrected chi connectivity index (χ1v) is 11.6. The number of thioether (sulfide) groups is 1. The molecule has 0 spiro atoms. The van der Waals surface area contributed by atoms with Crippen LogP contribution in [0.15, 0.2) is 23.2 Å². The molecule has 0 radical (unpaired) electrons. The molecule has 0 aliphatic carbocycles. The molecule has 27 heavy (non-hydrogen) atoms. The normalized spacial score (nSPS) is 25.0. The van der Waals surface area contributed by atoms with Gasteiger partial charge < -0.3 is 10.0 Å². The molecule has 7 nitrogen and oxygen atoms in total. The van der Waals surface area contributed by atoms with E-state index in [1.807, 2.05) is 0 Å². The molecule has 2 fully saturated rings. The van der Waals surface area contributed by atoms with Crippen LogP contribution in [0.4, 0.5) is 5.69 Å². The monoisotopic (exact) mass is 450 g/mol. The molecular formula is C16H16Cl2N2O5S2. The highest BCUT2D eigenvalue weighted by molar-refractivity contribution is 8.16. The summed E-state index contributed by atoms with van der Waals surface area (Å²) < 4.78 is 24.1.